The van der Waals surface area contributed by atoms with Crippen molar-refractivity contribution in [2.24, 2.45) is 0 Å². The molecule has 2 rings (SSSR count). The summed E-state index contributed by atoms with van der Waals surface area (Å²) in [6, 6.07) is 0.634. The molecule has 0 spiro atoms. The summed E-state index contributed by atoms with van der Waals surface area (Å²) in [5.41, 5.74) is 1.16. The van der Waals surface area contributed by atoms with E-state index in [9.17, 15) is 0 Å². The molecule has 2 atom stereocenters. The van der Waals surface area contributed by atoms with Crippen LogP contribution in [-0.2, 0) is 0 Å². The Morgan fingerprint density at radius 3 is 2.90 bits per heavy atom. The average Bonchev–Trinajstić information content (AvgIpc) is 2.83. The van der Waals surface area contributed by atoms with E-state index in [4.69, 9.17) is 11.6 Å². The van der Waals surface area contributed by atoms with Crippen LogP contribution in [-0.4, -0.2) is 38.8 Å². The summed E-state index contributed by atoms with van der Waals surface area (Å²) in [5, 5.41) is 9.54. The predicted octanol–water partition coefficient (Wildman–Crippen LogP) is 4.01. The predicted molar refractivity (Wildman–Crippen MR) is 92.2 cm³/mol. The normalized spacial score (nSPS) is 21.4. The van der Waals surface area contributed by atoms with Gasteiger partial charge in [0, 0.05) is 28.6 Å². The fraction of sp³-hybridized carbons (Fsp3) is 0.786. The lowest BCUT2D eigenvalue weighted by Crippen LogP contribution is -2.36. The molecule has 2 unspecified atom stereocenters. The van der Waals surface area contributed by atoms with E-state index in [1.165, 1.54) is 17.3 Å². The van der Waals surface area contributed by atoms with Crippen LogP contribution in [0.2, 0.25) is 5.02 Å². The first kappa shape index (κ1) is 16.5. The Balaban J connectivity index is 2.27. The van der Waals surface area contributed by atoms with Gasteiger partial charge >= 0.3 is 0 Å². The first-order valence-corrected chi connectivity index (χ1v) is 9.89. The van der Waals surface area contributed by atoms with Crippen LogP contribution in [0.5, 0.6) is 0 Å². The van der Waals surface area contributed by atoms with Gasteiger partial charge in [-0.3, -0.25) is 4.68 Å². The minimum atomic E-state index is 0.296. The summed E-state index contributed by atoms with van der Waals surface area (Å²) in [5.74, 6) is 3.68. The van der Waals surface area contributed by atoms with Crippen molar-refractivity contribution in [3.8, 4) is 0 Å². The van der Waals surface area contributed by atoms with Crippen LogP contribution in [0.3, 0.4) is 0 Å². The number of hydrogen-bond donors (Lipinski definition) is 1. The van der Waals surface area contributed by atoms with E-state index in [2.05, 4.69) is 47.6 Å². The molecule has 1 N–H and O–H groups in total. The maximum atomic E-state index is 6.44. The molecule has 0 radical (unpaired) electrons. The lowest BCUT2D eigenvalue weighted by molar-refractivity contribution is 0.443. The SMILES string of the molecule is CCCNC(c1c(Cl)cnn1C(C)C)C1CSCCS1. The molecule has 20 heavy (non-hydrogen) atoms. The van der Waals surface area contributed by atoms with E-state index >= 15 is 0 Å². The van der Waals surface area contributed by atoms with Crippen molar-refractivity contribution in [2.45, 2.75) is 44.5 Å². The van der Waals surface area contributed by atoms with Gasteiger partial charge in [-0.2, -0.15) is 28.6 Å². The molecule has 1 aromatic rings. The highest BCUT2D eigenvalue weighted by Crippen LogP contribution is 2.37. The Hall–Kier alpha value is 0.160. The number of nitrogens with one attached hydrogen (secondary N) is 1. The van der Waals surface area contributed by atoms with Crippen molar-refractivity contribution in [1.82, 2.24) is 15.1 Å². The van der Waals surface area contributed by atoms with Gasteiger partial charge in [-0.05, 0) is 26.8 Å². The standard InChI is InChI=1S/C14H24ClN3S2/c1-4-5-16-13(12-9-19-6-7-20-12)14-11(15)8-17-18(14)10(2)3/h8,10,12-13,16H,4-7,9H2,1-3H3. The smallest absolute Gasteiger partial charge is 0.0834 e. The van der Waals surface area contributed by atoms with Crippen molar-refractivity contribution >= 4 is 35.1 Å². The van der Waals surface area contributed by atoms with Gasteiger partial charge in [0.2, 0.25) is 0 Å². The van der Waals surface area contributed by atoms with Gasteiger partial charge in [0.05, 0.1) is 23.0 Å². The van der Waals surface area contributed by atoms with Crippen LogP contribution in [0.25, 0.3) is 0 Å². The van der Waals surface area contributed by atoms with E-state index in [1.54, 1.807) is 6.20 Å². The molecule has 0 aromatic carbocycles. The molecular weight excluding hydrogens is 310 g/mol. The highest BCUT2D eigenvalue weighted by Gasteiger charge is 2.30. The Labute approximate surface area is 135 Å². The van der Waals surface area contributed by atoms with Crippen molar-refractivity contribution in [2.75, 3.05) is 23.8 Å². The van der Waals surface area contributed by atoms with Gasteiger partial charge in [0.15, 0.2) is 0 Å². The average molecular weight is 334 g/mol. The fourth-order valence-electron chi connectivity index (χ4n) is 2.46. The minimum absolute atomic E-state index is 0.296. The van der Waals surface area contributed by atoms with Crippen molar-refractivity contribution < 1.29 is 0 Å². The lowest BCUT2D eigenvalue weighted by atomic mass is 10.1. The third-order valence-electron chi connectivity index (χ3n) is 3.40. The van der Waals surface area contributed by atoms with Gasteiger partial charge in [0.1, 0.15) is 0 Å². The van der Waals surface area contributed by atoms with Crippen LogP contribution in [0.15, 0.2) is 6.20 Å². The van der Waals surface area contributed by atoms with Gasteiger partial charge in [-0.25, -0.2) is 0 Å². The van der Waals surface area contributed by atoms with E-state index < -0.39 is 0 Å². The van der Waals surface area contributed by atoms with E-state index in [0.29, 0.717) is 17.3 Å². The molecule has 0 aliphatic carbocycles. The van der Waals surface area contributed by atoms with Crippen LogP contribution < -0.4 is 5.32 Å². The molecule has 1 fully saturated rings. The highest BCUT2D eigenvalue weighted by atomic mass is 35.5. The van der Waals surface area contributed by atoms with Crippen LogP contribution >= 0.6 is 35.1 Å². The molecule has 2 heterocycles. The third kappa shape index (κ3) is 3.87. The molecule has 0 bridgehead atoms. The second-order valence-corrected chi connectivity index (χ2v) is 8.24. The Morgan fingerprint density at radius 1 is 1.50 bits per heavy atom. The molecule has 114 valence electrons. The minimum Gasteiger partial charge on any atom is -0.308 e. The van der Waals surface area contributed by atoms with E-state index in [0.717, 1.165) is 23.7 Å². The summed E-state index contributed by atoms with van der Waals surface area (Å²) in [4.78, 5) is 0. The summed E-state index contributed by atoms with van der Waals surface area (Å²) in [6.45, 7) is 7.54. The summed E-state index contributed by atoms with van der Waals surface area (Å²) < 4.78 is 2.08. The van der Waals surface area contributed by atoms with Crippen LogP contribution in [0.1, 0.15) is 45.0 Å². The zero-order valence-electron chi connectivity index (χ0n) is 12.4. The summed E-state index contributed by atoms with van der Waals surface area (Å²) in [6.07, 6.45) is 2.92. The number of nitrogens with zero attached hydrogens (tertiary/aromatic N) is 2. The highest BCUT2D eigenvalue weighted by molar-refractivity contribution is 8.06. The van der Waals surface area contributed by atoms with Crippen molar-refractivity contribution in [1.29, 1.82) is 0 Å². The number of halogens is 1. The van der Waals surface area contributed by atoms with Crippen molar-refractivity contribution in [3.05, 3.63) is 16.9 Å². The first-order valence-electron chi connectivity index (χ1n) is 7.30. The zero-order valence-corrected chi connectivity index (χ0v) is 14.8. The molecule has 6 heteroatoms. The van der Waals surface area contributed by atoms with Gasteiger partial charge in [0.25, 0.3) is 0 Å². The number of thioether (sulfide) groups is 2. The van der Waals surface area contributed by atoms with Gasteiger partial charge in [-0.15, -0.1) is 0 Å². The summed E-state index contributed by atoms with van der Waals surface area (Å²) >= 11 is 10.6. The van der Waals surface area contributed by atoms with Gasteiger partial charge in [-0.1, -0.05) is 18.5 Å². The second-order valence-electron chi connectivity index (χ2n) is 5.33. The molecule has 1 saturated heterocycles. The molecule has 0 saturated carbocycles. The second kappa shape index (κ2) is 7.97. The molecular formula is C14H24ClN3S2. The maximum Gasteiger partial charge on any atom is 0.0834 e. The Bertz CT molecular complexity index is 417. The molecule has 1 aromatic heterocycles. The van der Waals surface area contributed by atoms with Crippen LogP contribution in [0, 0.1) is 0 Å². The molecule has 1 aliphatic heterocycles. The van der Waals surface area contributed by atoms with Crippen molar-refractivity contribution in [3.63, 3.8) is 0 Å². The zero-order chi connectivity index (χ0) is 14.5. The third-order valence-corrected chi connectivity index (χ3v) is 6.55. The number of aromatic nitrogens is 2. The molecule has 0 amide bonds. The largest absolute Gasteiger partial charge is 0.308 e. The van der Waals surface area contributed by atoms with E-state index in [1.807, 2.05) is 11.8 Å². The molecule has 3 nitrogen and oxygen atoms in total. The maximum absolute atomic E-state index is 6.44. The summed E-state index contributed by atoms with van der Waals surface area (Å²) in [7, 11) is 0. The Kier molecular flexibility index (Phi) is 6.59. The monoisotopic (exact) mass is 333 g/mol. The topological polar surface area (TPSA) is 29.9 Å². The first-order chi connectivity index (χ1) is 9.65. The van der Waals surface area contributed by atoms with Crippen LogP contribution in [0.4, 0.5) is 0 Å². The number of rotatable bonds is 6. The van der Waals surface area contributed by atoms with E-state index in [-0.39, 0.29) is 0 Å². The number of hydrogen-bond acceptors (Lipinski definition) is 4. The fourth-order valence-corrected chi connectivity index (χ4v) is 5.55. The Morgan fingerprint density at radius 2 is 2.30 bits per heavy atom. The molecule has 1 aliphatic rings. The quantitative estimate of drug-likeness (QED) is 0.852. The lowest BCUT2D eigenvalue weighted by Gasteiger charge is -2.31. The van der Waals surface area contributed by atoms with Gasteiger partial charge < -0.3 is 5.32 Å².